The molecule has 1 aromatic rings. The molecule has 7 heteroatoms. The third-order valence-electron chi connectivity index (χ3n) is 3.34. The van der Waals surface area contributed by atoms with Gasteiger partial charge in [0.25, 0.3) is 5.91 Å². The van der Waals surface area contributed by atoms with Crippen LogP contribution in [0.5, 0.6) is 17.2 Å². The summed E-state index contributed by atoms with van der Waals surface area (Å²) in [7, 11) is 5.68. The molecule has 128 valence electrons. The second-order valence-corrected chi connectivity index (χ2v) is 5.13. The first-order valence-electron chi connectivity index (χ1n) is 7.08. The SMILES string of the molecule is COC(=O)C(NC(=O)c1cc(OC)c(OC)c(OC)c1)C(C)C. The van der Waals surface area contributed by atoms with Gasteiger partial charge in [-0.05, 0) is 18.1 Å². The summed E-state index contributed by atoms with van der Waals surface area (Å²) in [5, 5.41) is 2.66. The maximum Gasteiger partial charge on any atom is 0.328 e. The van der Waals surface area contributed by atoms with E-state index in [0.717, 1.165) is 0 Å². The summed E-state index contributed by atoms with van der Waals surface area (Å²) in [5.74, 6) is 0.0508. The second-order valence-electron chi connectivity index (χ2n) is 5.13. The normalized spacial score (nSPS) is 11.6. The van der Waals surface area contributed by atoms with Gasteiger partial charge in [-0.1, -0.05) is 13.8 Å². The van der Waals surface area contributed by atoms with Gasteiger partial charge in [0, 0.05) is 5.56 Å². The Morgan fingerprint density at radius 3 is 1.83 bits per heavy atom. The molecule has 1 amide bonds. The van der Waals surface area contributed by atoms with E-state index >= 15 is 0 Å². The van der Waals surface area contributed by atoms with Crippen LogP contribution in [0.2, 0.25) is 0 Å². The van der Waals surface area contributed by atoms with Crippen LogP contribution in [0.25, 0.3) is 0 Å². The summed E-state index contributed by atoms with van der Waals surface area (Å²) in [5.41, 5.74) is 0.286. The maximum atomic E-state index is 12.4. The van der Waals surface area contributed by atoms with Crippen LogP contribution in [0.4, 0.5) is 0 Å². The molecule has 1 N–H and O–H groups in total. The Bertz CT molecular complexity index is 545. The molecule has 0 aliphatic rings. The van der Waals surface area contributed by atoms with Crippen molar-refractivity contribution in [1.82, 2.24) is 5.32 Å². The lowest BCUT2D eigenvalue weighted by Crippen LogP contribution is -2.45. The van der Waals surface area contributed by atoms with Gasteiger partial charge in [0.2, 0.25) is 5.75 Å². The Hall–Kier alpha value is -2.44. The highest BCUT2D eigenvalue weighted by atomic mass is 16.5. The maximum absolute atomic E-state index is 12.4. The highest BCUT2D eigenvalue weighted by Gasteiger charge is 2.26. The molecule has 0 fully saturated rings. The molecule has 0 saturated heterocycles. The van der Waals surface area contributed by atoms with Gasteiger partial charge in [0.05, 0.1) is 28.4 Å². The highest BCUT2D eigenvalue weighted by Crippen LogP contribution is 2.38. The summed E-state index contributed by atoms with van der Waals surface area (Å²) < 4.78 is 20.4. The van der Waals surface area contributed by atoms with Crippen molar-refractivity contribution in [3.8, 4) is 17.2 Å². The number of hydrogen-bond donors (Lipinski definition) is 1. The van der Waals surface area contributed by atoms with E-state index in [4.69, 9.17) is 18.9 Å². The Kier molecular flexibility index (Phi) is 6.68. The lowest BCUT2D eigenvalue weighted by molar-refractivity contribution is -0.144. The van der Waals surface area contributed by atoms with E-state index in [0.29, 0.717) is 17.2 Å². The van der Waals surface area contributed by atoms with Crippen molar-refractivity contribution in [3.63, 3.8) is 0 Å². The van der Waals surface area contributed by atoms with Crippen molar-refractivity contribution in [1.29, 1.82) is 0 Å². The Morgan fingerprint density at radius 1 is 0.957 bits per heavy atom. The van der Waals surface area contributed by atoms with E-state index in [-0.39, 0.29) is 11.5 Å². The largest absolute Gasteiger partial charge is 0.493 e. The molecule has 7 nitrogen and oxygen atoms in total. The van der Waals surface area contributed by atoms with Crippen LogP contribution in [0, 0.1) is 5.92 Å². The average molecular weight is 325 g/mol. The van der Waals surface area contributed by atoms with Crippen LogP contribution in [-0.2, 0) is 9.53 Å². The fraction of sp³-hybridized carbons (Fsp3) is 0.500. The van der Waals surface area contributed by atoms with Crippen LogP contribution in [0.15, 0.2) is 12.1 Å². The van der Waals surface area contributed by atoms with Gasteiger partial charge in [0.1, 0.15) is 6.04 Å². The molecule has 1 unspecified atom stereocenters. The molecule has 0 heterocycles. The predicted octanol–water partition coefficient (Wildman–Crippen LogP) is 1.64. The lowest BCUT2D eigenvalue weighted by atomic mass is 10.0. The van der Waals surface area contributed by atoms with Crippen molar-refractivity contribution < 1.29 is 28.5 Å². The van der Waals surface area contributed by atoms with Gasteiger partial charge in [-0.3, -0.25) is 4.79 Å². The second kappa shape index (κ2) is 8.26. The summed E-state index contributed by atoms with van der Waals surface area (Å²) in [6.07, 6.45) is 0. The number of esters is 1. The number of hydrogen-bond acceptors (Lipinski definition) is 6. The van der Waals surface area contributed by atoms with E-state index in [1.807, 2.05) is 13.8 Å². The van der Waals surface area contributed by atoms with E-state index in [2.05, 4.69) is 5.32 Å². The fourth-order valence-electron chi connectivity index (χ4n) is 2.06. The Balaban J connectivity index is 3.14. The lowest BCUT2D eigenvalue weighted by Gasteiger charge is -2.20. The van der Waals surface area contributed by atoms with Gasteiger partial charge in [0.15, 0.2) is 11.5 Å². The fourth-order valence-corrected chi connectivity index (χ4v) is 2.06. The molecular weight excluding hydrogens is 302 g/mol. The summed E-state index contributed by atoms with van der Waals surface area (Å²) in [4.78, 5) is 24.2. The third-order valence-corrected chi connectivity index (χ3v) is 3.34. The number of rotatable bonds is 7. The molecule has 1 aromatic carbocycles. The van der Waals surface area contributed by atoms with Crippen molar-refractivity contribution in [2.75, 3.05) is 28.4 Å². The minimum absolute atomic E-state index is 0.117. The molecule has 23 heavy (non-hydrogen) atoms. The average Bonchev–Trinajstić information content (AvgIpc) is 2.56. The van der Waals surface area contributed by atoms with Crippen LogP contribution >= 0.6 is 0 Å². The third kappa shape index (κ3) is 4.28. The number of ether oxygens (including phenoxy) is 4. The Morgan fingerprint density at radius 2 is 1.48 bits per heavy atom. The first-order chi connectivity index (χ1) is 10.9. The van der Waals surface area contributed by atoms with Gasteiger partial charge >= 0.3 is 5.97 Å². The molecule has 0 aliphatic heterocycles. The molecule has 0 spiro atoms. The zero-order chi connectivity index (χ0) is 17.6. The first kappa shape index (κ1) is 18.6. The molecule has 0 bridgehead atoms. The van der Waals surface area contributed by atoms with Crippen molar-refractivity contribution in [2.24, 2.45) is 5.92 Å². The number of benzene rings is 1. The molecule has 0 aliphatic carbocycles. The van der Waals surface area contributed by atoms with Gasteiger partial charge < -0.3 is 24.3 Å². The molecule has 0 radical (unpaired) electrons. The first-order valence-corrected chi connectivity index (χ1v) is 7.08. The quantitative estimate of drug-likeness (QED) is 0.767. The van der Waals surface area contributed by atoms with Crippen molar-refractivity contribution >= 4 is 11.9 Å². The van der Waals surface area contributed by atoms with Gasteiger partial charge in [-0.15, -0.1) is 0 Å². The van der Waals surface area contributed by atoms with Gasteiger partial charge in [-0.25, -0.2) is 4.79 Å². The van der Waals surface area contributed by atoms with Gasteiger partial charge in [-0.2, -0.15) is 0 Å². The standard InChI is InChI=1S/C16H23NO6/c1-9(2)13(16(19)23-6)17-15(18)10-7-11(20-3)14(22-5)12(8-10)21-4/h7-9,13H,1-6H3,(H,17,18). The zero-order valence-electron chi connectivity index (χ0n) is 14.3. The minimum atomic E-state index is -0.744. The minimum Gasteiger partial charge on any atom is -0.493 e. The van der Waals surface area contributed by atoms with E-state index in [1.165, 1.54) is 40.6 Å². The number of amides is 1. The molecule has 0 saturated carbocycles. The van der Waals surface area contributed by atoms with Crippen molar-refractivity contribution in [3.05, 3.63) is 17.7 Å². The van der Waals surface area contributed by atoms with Crippen LogP contribution in [0.1, 0.15) is 24.2 Å². The van der Waals surface area contributed by atoms with Crippen LogP contribution in [-0.4, -0.2) is 46.4 Å². The molecule has 1 atom stereocenters. The molecule has 0 aromatic heterocycles. The van der Waals surface area contributed by atoms with Crippen LogP contribution in [0.3, 0.4) is 0 Å². The predicted molar refractivity (Wildman–Crippen MR) is 84.2 cm³/mol. The number of carbonyl (C=O) groups excluding carboxylic acids is 2. The van der Waals surface area contributed by atoms with E-state index in [1.54, 1.807) is 0 Å². The smallest absolute Gasteiger partial charge is 0.328 e. The topological polar surface area (TPSA) is 83.1 Å². The number of carbonyl (C=O) groups is 2. The van der Waals surface area contributed by atoms with E-state index < -0.39 is 17.9 Å². The molecule has 1 rings (SSSR count). The number of methoxy groups -OCH3 is 4. The monoisotopic (exact) mass is 325 g/mol. The zero-order valence-corrected chi connectivity index (χ0v) is 14.3. The molecular formula is C16H23NO6. The highest BCUT2D eigenvalue weighted by molar-refractivity contribution is 5.98. The van der Waals surface area contributed by atoms with Crippen LogP contribution < -0.4 is 19.5 Å². The van der Waals surface area contributed by atoms with Crippen molar-refractivity contribution in [2.45, 2.75) is 19.9 Å². The van der Waals surface area contributed by atoms with E-state index in [9.17, 15) is 9.59 Å². The summed E-state index contributed by atoms with van der Waals surface area (Å²) >= 11 is 0. The summed E-state index contributed by atoms with van der Waals surface area (Å²) in [6, 6.07) is 2.29. The number of nitrogens with one attached hydrogen (secondary N) is 1. The Labute approximate surface area is 135 Å². The summed E-state index contributed by atoms with van der Waals surface area (Å²) in [6.45, 7) is 3.63.